The highest BCUT2D eigenvalue weighted by Crippen LogP contribution is 2.30. The van der Waals surface area contributed by atoms with Crippen molar-refractivity contribution in [3.63, 3.8) is 0 Å². The Morgan fingerprint density at radius 2 is 1.91 bits per heavy atom. The molecule has 0 saturated carbocycles. The van der Waals surface area contributed by atoms with Crippen molar-refractivity contribution in [1.82, 2.24) is 4.31 Å². The van der Waals surface area contributed by atoms with Gasteiger partial charge in [-0.1, -0.05) is 30.2 Å². The maximum absolute atomic E-state index is 13.0. The van der Waals surface area contributed by atoms with Gasteiger partial charge < -0.3 is 14.8 Å². The van der Waals surface area contributed by atoms with E-state index in [1.165, 1.54) is 23.5 Å². The molecule has 1 N–H and O–H groups in total. The lowest BCUT2D eigenvalue weighted by atomic mass is 10.1. The van der Waals surface area contributed by atoms with Crippen LogP contribution in [-0.4, -0.2) is 45.4 Å². The predicted molar refractivity (Wildman–Crippen MR) is 125 cm³/mol. The number of carbonyl (C=O) groups excluding carboxylic acids is 1. The van der Waals surface area contributed by atoms with E-state index in [2.05, 4.69) is 11.9 Å². The number of carbonyl (C=O) groups is 1. The van der Waals surface area contributed by atoms with Gasteiger partial charge in [0.2, 0.25) is 10.0 Å². The number of ether oxygens (including phenoxy) is 2. The molecular formula is C23H27ClN2O5S. The van der Waals surface area contributed by atoms with Crippen LogP contribution in [0.15, 0.2) is 53.9 Å². The number of allylic oxidation sites excluding steroid dienone is 1. The third-order valence-electron chi connectivity index (χ3n) is 5.11. The van der Waals surface area contributed by atoms with Crippen LogP contribution in [0.3, 0.4) is 0 Å². The van der Waals surface area contributed by atoms with Gasteiger partial charge in [0.25, 0.3) is 5.91 Å². The zero-order valence-electron chi connectivity index (χ0n) is 18.0. The Hall–Kier alpha value is -2.55. The number of methoxy groups -OCH3 is 1. The Morgan fingerprint density at radius 1 is 1.16 bits per heavy atom. The van der Waals surface area contributed by atoms with E-state index < -0.39 is 15.9 Å². The number of hydrogen-bond acceptors (Lipinski definition) is 5. The molecule has 172 valence electrons. The normalized spacial score (nSPS) is 14.6. The van der Waals surface area contributed by atoms with Crippen molar-refractivity contribution in [3.8, 4) is 11.5 Å². The van der Waals surface area contributed by atoms with Gasteiger partial charge in [-0.2, -0.15) is 4.31 Å². The molecule has 32 heavy (non-hydrogen) atoms. The smallest absolute Gasteiger partial charge is 0.262 e. The zero-order valence-corrected chi connectivity index (χ0v) is 19.5. The minimum atomic E-state index is -3.73. The van der Waals surface area contributed by atoms with Crippen LogP contribution >= 0.6 is 11.6 Å². The topological polar surface area (TPSA) is 84.9 Å². The highest BCUT2D eigenvalue weighted by Gasteiger charge is 2.28. The molecule has 3 rings (SSSR count). The molecule has 1 saturated heterocycles. The summed E-state index contributed by atoms with van der Waals surface area (Å²) >= 11 is 6.18. The standard InChI is InChI=1S/C23H27ClN2O5S/c1-3-7-17-8-11-20(21(14-17)30-2)31-16-23(27)25-18-9-10-19(24)22(15-18)32(28,29)26-12-5-4-6-13-26/h3,8-11,14-15H,1,4-7,12-13,16H2,2H3,(H,25,27). The number of anilines is 1. The summed E-state index contributed by atoms with van der Waals surface area (Å²) in [5, 5.41) is 2.78. The van der Waals surface area contributed by atoms with Gasteiger partial charge in [0, 0.05) is 18.8 Å². The second-order valence-electron chi connectivity index (χ2n) is 7.42. The number of piperidine rings is 1. The number of rotatable bonds is 9. The summed E-state index contributed by atoms with van der Waals surface area (Å²) < 4.78 is 38.3. The Morgan fingerprint density at radius 3 is 2.59 bits per heavy atom. The van der Waals surface area contributed by atoms with Crippen LogP contribution < -0.4 is 14.8 Å². The van der Waals surface area contributed by atoms with E-state index in [-0.39, 0.29) is 16.5 Å². The van der Waals surface area contributed by atoms with E-state index in [0.29, 0.717) is 36.7 Å². The van der Waals surface area contributed by atoms with Gasteiger partial charge in [0.15, 0.2) is 18.1 Å². The molecule has 2 aromatic carbocycles. The van der Waals surface area contributed by atoms with Gasteiger partial charge >= 0.3 is 0 Å². The average molecular weight is 479 g/mol. The molecule has 7 nitrogen and oxygen atoms in total. The van der Waals surface area contributed by atoms with E-state index >= 15 is 0 Å². The van der Waals surface area contributed by atoms with Crippen LogP contribution in [0, 0.1) is 0 Å². The van der Waals surface area contributed by atoms with E-state index in [1.54, 1.807) is 18.2 Å². The summed E-state index contributed by atoms with van der Waals surface area (Å²) in [7, 11) is -2.20. The maximum Gasteiger partial charge on any atom is 0.262 e. The number of benzene rings is 2. The largest absolute Gasteiger partial charge is 0.493 e. The first-order valence-electron chi connectivity index (χ1n) is 10.4. The molecule has 1 heterocycles. The van der Waals surface area contributed by atoms with E-state index in [1.807, 2.05) is 12.1 Å². The monoisotopic (exact) mass is 478 g/mol. The molecule has 0 spiro atoms. The Labute approximate surface area is 194 Å². The van der Waals surface area contributed by atoms with Crippen LogP contribution in [0.25, 0.3) is 0 Å². The molecule has 0 bridgehead atoms. The molecule has 0 unspecified atom stereocenters. The molecule has 1 fully saturated rings. The summed E-state index contributed by atoms with van der Waals surface area (Å²) in [6, 6.07) is 9.84. The molecule has 1 amide bonds. The van der Waals surface area contributed by atoms with Gasteiger partial charge in [0.1, 0.15) is 4.90 Å². The Kier molecular flexibility index (Phi) is 8.17. The molecule has 9 heteroatoms. The Balaban J connectivity index is 1.68. The minimum Gasteiger partial charge on any atom is -0.493 e. The number of sulfonamides is 1. The lowest BCUT2D eigenvalue weighted by Gasteiger charge is -2.26. The SMILES string of the molecule is C=CCc1ccc(OCC(=O)Nc2ccc(Cl)c(S(=O)(=O)N3CCCCC3)c2)c(OC)c1. The van der Waals surface area contributed by atoms with Crippen LogP contribution in [0.2, 0.25) is 5.02 Å². The van der Waals surface area contributed by atoms with Crippen LogP contribution in [0.4, 0.5) is 5.69 Å². The fourth-order valence-corrected chi connectivity index (χ4v) is 5.51. The van der Waals surface area contributed by atoms with Gasteiger partial charge in [-0.15, -0.1) is 6.58 Å². The van der Waals surface area contributed by atoms with Crippen molar-refractivity contribution in [1.29, 1.82) is 0 Å². The van der Waals surface area contributed by atoms with E-state index in [0.717, 1.165) is 24.8 Å². The molecule has 1 aliphatic heterocycles. The van der Waals surface area contributed by atoms with E-state index in [9.17, 15) is 13.2 Å². The van der Waals surface area contributed by atoms with Crippen molar-refractivity contribution in [2.75, 3.05) is 32.1 Å². The Bertz CT molecular complexity index is 1080. The van der Waals surface area contributed by atoms with Crippen LogP contribution in [0.1, 0.15) is 24.8 Å². The number of halogens is 1. The highest BCUT2D eigenvalue weighted by atomic mass is 35.5. The minimum absolute atomic E-state index is 0.0146. The molecule has 0 atom stereocenters. The van der Waals surface area contributed by atoms with Gasteiger partial charge in [-0.25, -0.2) is 8.42 Å². The van der Waals surface area contributed by atoms with Gasteiger partial charge in [0.05, 0.1) is 12.1 Å². The first-order valence-corrected chi connectivity index (χ1v) is 12.2. The van der Waals surface area contributed by atoms with Crippen molar-refractivity contribution in [2.45, 2.75) is 30.6 Å². The van der Waals surface area contributed by atoms with E-state index in [4.69, 9.17) is 21.1 Å². The van der Waals surface area contributed by atoms with Gasteiger partial charge in [-0.3, -0.25) is 4.79 Å². The summed E-state index contributed by atoms with van der Waals surface area (Å²) in [6.45, 7) is 4.38. The third kappa shape index (κ3) is 5.82. The van der Waals surface area contributed by atoms with Crippen LogP contribution in [0.5, 0.6) is 11.5 Å². The van der Waals surface area contributed by atoms with Crippen molar-refractivity contribution >= 4 is 33.2 Å². The molecule has 2 aromatic rings. The number of nitrogens with zero attached hydrogens (tertiary/aromatic N) is 1. The first kappa shape index (κ1) is 24.1. The molecular weight excluding hydrogens is 452 g/mol. The van der Waals surface area contributed by atoms with Crippen molar-refractivity contribution < 1.29 is 22.7 Å². The molecule has 0 aliphatic carbocycles. The zero-order chi connectivity index (χ0) is 23.1. The lowest BCUT2D eigenvalue weighted by Crippen LogP contribution is -2.35. The third-order valence-corrected chi connectivity index (χ3v) is 7.49. The van der Waals surface area contributed by atoms with Crippen molar-refractivity contribution in [3.05, 3.63) is 59.6 Å². The first-order chi connectivity index (χ1) is 15.3. The quantitative estimate of drug-likeness (QED) is 0.544. The summed E-state index contributed by atoms with van der Waals surface area (Å²) in [6.07, 6.45) is 5.13. The van der Waals surface area contributed by atoms with Crippen LogP contribution in [-0.2, 0) is 21.2 Å². The fraction of sp³-hybridized carbons (Fsp3) is 0.348. The van der Waals surface area contributed by atoms with Gasteiger partial charge in [-0.05, 0) is 55.2 Å². The molecule has 0 aromatic heterocycles. The maximum atomic E-state index is 13.0. The summed E-state index contributed by atoms with van der Waals surface area (Å²) in [5.74, 6) is 0.504. The second-order valence-corrected chi connectivity index (χ2v) is 9.74. The lowest BCUT2D eigenvalue weighted by molar-refractivity contribution is -0.118. The average Bonchev–Trinajstić information content (AvgIpc) is 2.80. The molecule has 1 aliphatic rings. The van der Waals surface area contributed by atoms with Crippen molar-refractivity contribution in [2.24, 2.45) is 0 Å². The molecule has 0 radical (unpaired) electrons. The summed E-state index contributed by atoms with van der Waals surface area (Å²) in [4.78, 5) is 12.4. The summed E-state index contributed by atoms with van der Waals surface area (Å²) in [5.41, 5.74) is 1.34. The predicted octanol–water partition coefficient (Wildman–Crippen LogP) is 4.27. The fourth-order valence-electron chi connectivity index (χ4n) is 3.49. The highest BCUT2D eigenvalue weighted by molar-refractivity contribution is 7.89. The number of hydrogen-bond donors (Lipinski definition) is 1. The second kappa shape index (κ2) is 10.8. The number of amides is 1. The number of nitrogens with one attached hydrogen (secondary N) is 1.